The van der Waals surface area contributed by atoms with E-state index < -0.39 is 0 Å². The molecular formula is C23H27BrN2O4. The van der Waals surface area contributed by atoms with Gasteiger partial charge >= 0.3 is 0 Å². The third-order valence-corrected chi connectivity index (χ3v) is 4.57. The van der Waals surface area contributed by atoms with Gasteiger partial charge in [-0.05, 0) is 60.4 Å². The lowest BCUT2D eigenvalue weighted by Crippen LogP contribution is -2.31. The van der Waals surface area contributed by atoms with Crippen molar-refractivity contribution in [2.24, 2.45) is 5.92 Å². The molecule has 0 aliphatic heterocycles. The molecule has 0 saturated carbocycles. The lowest BCUT2D eigenvalue weighted by atomic mass is 10.2. The molecule has 30 heavy (non-hydrogen) atoms. The van der Waals surface area contributed by atoms with Crippen LogP contribution in [0.25, 0.3) is 6.08 Å². The number of amides is 2. The van der Waals surface area contributed by atoms with Gasteiger partial charge in [-0.25, -0.2) is 0 Å². The number of halogens is 1. The summed E-state index contributed by atoms with van der Waals surface area (Å²) in [6.45, 7) is 6.51. The van der Waals surface area contributed by atoms with Crippen LogP contribution in [0, 0.1) is 12.8 Å². The number of hydrogen-bond donors (Lipinski definition) is 2. The van der Waals surface area contributed by atoms with Crippen LogP contribution in [0.3, 0.4) is 0 Å². The third kappa shape index (κ3) is 7.55. The predicted molar refractivity (Wildman–Crippen MR) is 123 cm³/mol. The lowest BCUT2D eigenvalue weighted by molar-refractivity contribution is -0.121. The lowest BCUT2D eigenvalue weighted by Gasteiger charge is -2.12. The van der Waals surface area contributed by atoms with Gasteiger partial charge in [0.25, 0.3) is 0 Å². The normalized spacial score (nSPS) is 10.9. The van der Waals surface area contributed by atoms with E-state index >= 15 is 0 Å². The van der Waals surface area contributed by atoms with Crippen molar-refractivity contribution in [2.45, 2.75) is 20.8 Å². The highest BCUT2D eigenvalue weighted by molar-refractivity contribution is 9.10. The van der Waals surface area contributed by atoms with Crippen LogP contribution in [0.1, 0.15) is 25.0 Å². The molecule has 160 valence electrons. The molecule has 0 aliphatic carbocycles. The fourth-order valence-corrected chi connectivity index (χ4v) is 3.00. The van der Waals surface area contributed by atoms with Crippen molar-refractivity contribution in [3.05, 3.63) is 58.1 Å². The standard InChI is InChI=1S/C23H27BrN2O4/c1-15(2)14-30-20-9-5-17(12-21(20)29-4)6-10-22(27)25-13-23(28)26-19-8-7-18(24)11-16(19)3/h5-12,15H,13-14H2,1-4H3,(H,25,27)(H,26,28)/b10-6+. The second-order valence-electron chi connectivity index (χ2n) is 7.17. The Hall–Kier alpha value is -2.80. The summed E-state index contributed by atoms with van der Waals surface area (Å²) in [5, 5.41) is 5.35. The highest BCUT2D eigenvalue weighted by Crippen LogP contribution is 2.29. The number of methoxy groups -OCH3 is 1. The Morgan fingerprint density at radius 3 is 2.57 bits per heavy atom. The maximum Gasteiger partial charge on any atom is 0.244 e. The molecule has 2 aromatic carbocycles. The Morgan fingerprint density at radius 2 is 1.90 bits per heavy atom. The summed E-state index contributed by atoms with van der Waals surface area (Å²) < 4.78 is 12.0. The van der Waals surface area contributed by atoms with Crippen molar-refractivity contribution in [2.75, 3.05) is 25.6 Å². The van der Waals surface area contributed by atoms with Crippen LogP contribution in [0.2, 0.25) is 0 Å². The SMILES string of the molecule is COc1cc(/C=C/C(=O)NCC(=O)Nc2ccc(Br)cc2C)ccc1OCC(C)C. The van der Waals surface area contributed by atoms with E-state index in [1.807, 2.05) is 31.2 Å². The molecule has 0 unspecified atom stereocenters. The zero-order chi connectivity index (χ0) is 22.1. The summed E-state index contributed by atoms with van der Waals surface area (Å²) in [5.74, 6) is 1.00. The number of ether oxygens (including phenoxy) is 2. The first-order valence-electron chi connectivity index (χ1n) is 9.61. The summed E-state index contributed by atoms with van der Waals surface area (Å²) in [6.07, 6.45) is 3.03. The number of hydrogen-bond acceptors (Lipinski definition) is 4. The maximum absolute atomic E-state index is 12.1. The average molecular weight is 475 g/mol. The van der Waals surface area contributed by atoms with Crippen molar-refractivity contribution >= 4 is 39.5 Å². The zero-order valence-corrected chi connectivity index (χ0v) is 19.2. The summed E-state index contributed by atoms with van der Waals surface area (Å²) in [6, 6.07) is 11.0. The van der Waals surface area contributed by atoms with Gasteiger partial charge in [-0.1, -0.05) is 35.8 Å². The maximum atomic E-state index is 12.1. The number of benzene rings is 2. The van der Waals surface area contributed by atoms with E-state index in [1.165, 1.54) is 6.08 Å². The van der Waals surface area contributed by atoms with Gasteiger partial charge in [0.15, 0.2) is 11.5 Å². The molecule has 0 aliphatic rings. The Bertz CT molecular complexity index is 925. The summed E-state index contributed by atoms with van der Waals surface area (Å²) in [7, 11) is 1.57. The molecule has 0 spiro atoms. The van der Waals surface area contributed by atoms with E-state index in [2.05, 4.69) is 40.4 Å². The molecule has 2 amide bonds. The van der Waals surface area contributed by atoms with Crippen LogP contribution in [0.15, 0.2) is 46.9 Å². The van der Waals surface area contributed by atoms with Crippen LogP contribution in [0.4, 0.5) is 5.69 Å². The minimum Gasteiger partial charge on any atom is -0.493 e. The molecule has 2 N–H and O–H groups in total. The van der Waals surface area contributed by atoms with E-state index in [0.717, 1.165) is 15.6 Å². The van der Waals surface area contributed by atoms with Crippen molar-refractivity contribution in [1.29, 1.82) is 0 Å². The van der Waals surface area contributed by atoms with E-state index in [4.69, 9.17) is 9.47 Å². The quantitative estimate of drug-likeness (QED) is 0.521. The average Bonchev–Trinajstić information content (AvgIpc) is 2.71. The number of carbonyl (C=O) groups excluding carboxylic acids is 2. The number of aryl methyl sites for hydroxylation is 1. The number of carbonyl (C=O) groups is 2. The Kier molecular flexibility index (Phi) is 8.92. The molecule has 0 saturated heterocycles. The van der Waals surface area contributed by atoms with Gasteiger partial charge in [0.05, 0.1) is 20.3 Å². The molecule has 2 rings (SSSR count). The first kappa shape index (κ1) is 23.5. The third-order valence-electron chi connectivity index (χ3n) is 4.07. The summed E-state index contributed by atoms with van der Waals surface area (Å²) in [5.41, 5.74) is 2.42. The molecule has 0 radical (unpaired) electrons. The van der Waals surface area contributed by atoms with Crippen molar-refractivity contribution in [3.8, 4) is 11.5 Å². The fraction of sp³-hybridized carbons (Fsp3) is 0.304. The van der Waals surface area contributed by atoms with Gasteiger partial charge in [0.1, 0.15) is 0 Å². The van der Waals surface area contributed by atoms with Crippen molar-refractivity contribution in [1.82, 2.24) is 5.32 Å². The zero-order valence-electron chi connectivity index (χ0n) is 17.6. The minimum absolute atomic E-state index is 0.121. The molecule has 2 aromatic rings. The molecule has 0 bridgehead atoms. The van der Waals surface area contributed by atoms with Gasteiger partial charge < -0.3 is 20.1 Å². The van der Waals surface area contributed by atoms with E-state index in [0.29, 0.717) is 29.7 Å². The van der Waals surface area contributed by atoms with Gasteiger partial charge in [-0.3, -0.25) is 9.59 Å². The van der Waals surface area contributed by atoms with Gasteiger partial charge in [-0.2, -0.15) is 0 Å². The molecular weight excluding hydrogens is 448 g/mol. The number of anilines is 1. The van der Waals surface area contributed by atoms with Gasteiger partial charge in [0, 0.05) is 16.2 Å². The van der Waals surface area contributed by atoms with Crippen LogP contribution >= 0.6 is 15.9 Å². The molecule has 0 fully saturated rings. The van der Waals surface area contributed by atoms with Crippen molar-refractivity contribution < 1.29 is 19.1 Å². The first-order chi connectivity index (χ1) is 14.3. The topological polar surface area (TPSA) is 76.7 Å². The van der Waals surface area contributed by atoms with Crippen LogP contribution in [-0.4, -0.2) is 32.1 Å². The monoisotopic (exact) mass is 474 g/mol. The van der Waals surface area contributed by atoms with Gasteiger partial charge in [0.2, 0.25) is 11.8 Å². The highest BCUT2D eigenvalue weighted by atomic mass is 79.9. The Balaban J connectivity index is 1.88. The minimum atomic E-state index is -0.364. The highest BCUT2D eigenvalue weighted by Gasteiger charge is 2.08. The van der Waals surface area contributed by atoms with E-state index in [-0.39, 0.29) is 18.4 Å². The summed E-state index contributed by atoms with van der Waals surface area (Å²) >= 11 is 3.38. The second kappa shape index (κ2) is 11.4. The first-order valence-corrected chi connectivity index (χ1v) is 10.4. The second-order valence-corrected chi connectivity index (χ2v) is 8.09. The molecule has 0 heterocycles. The molecule has 6 nitrogen and oxygen atoms in total. The van der Waals surface area contributed by atoms with Gasteiger partial charge in [-0.15, -0.1) is 0 Å². The van der Waals surface area contributed by atoms with E-state index in [9.17, 15) is 9.59 Å². The Morgan fingerprint density at radius 1 is 1.13 bits per heavy atom. The number of rotatable bonds is 9. The van der Waals surface area contributed by atoms with Crippen LogP contribution < -0.4 is 20.1 Å². The number of nitrogens with one attached hydrogen (secondary N) is 2. The van der Waals surface area contributed by atoms with Crippen molar-refractivity contribution in [3.63, 3.8) is 0 Å². The van der Waals surface area contributed by atoms with Crippen LogP contribution in [0.5, 0.6) is 11.5 Å². The predicted octanol–water partition coefficient (Wildman–Crippen LogP) is 4.57. The smallest absolute Gasteiger partial charge is 0.244 e. The molecule has 7 heteroatoms. The fourth-order valence-electron chi connectivity index (χ4n) is 2.52. The summed E-state index contributed by atoms with van der Waals surface area (Å²) in [4.78, 5) is 24.1. The van der Waals surface area contributed by atoms with Crippen LogP contribution in [-0.2, 0) is 9.59 Å². The molecule has 0 aromatic heterocycles. The van der Waals surface area contributed by atoms with E-state index in [1.54, 1.807) is 25.3 Å². The largest absolute Gasteiger partial charge is 0.493 e. The molecule has 0 atom stereocenters. The Labute approximate surface area is 185 Å².